The lowest BCUT2D eigenvalue weighted by Crippen LogP contribution is -2.48. The topological polar surface area (TPSA) is 67.2 Å². The minimum atomic E-state index is -3.47. The Balaban J connectivity index is 1.35. The summed E-state index contributed by atoms with van der Waals surface area (Å²) in [5, 5.41) is 8.25. The van der Waals surface area contributed by atoms with Gasteiger partial charge in [0.25, 0.3) is 0 Å². The predicted molar refractivity (Wildman–Crippen MR) is 126 cm³/mol. The molecule has 5 rings (SSSR count). The first-order chi connectivity index (χ1) is 15.3. The lowest BCUT2D eigenvalue weighted by atomic mass is 9.87. The number of aromatic nitrogens is 2. The van der Waals surface area contributed by atoms with E-state index in [-0.39, 0.29) is 10.8 Å². The normalized spacial score (nSPS) is 21.5. The van der Waals surface area contributed by atoms with E-state index in [1.54, 1.807) is 17.5 Å². The smallest absolute Gasteiger partial charge is 0.246 e. The van der Waals surface area contributed by atoms with Gasteiger partial charge in [0.05, 0.1) is 6.20 Å². The van der Waals surface area contributed by atoms with Gasteiger partial charge in [0.15, 0.2) is 0 Å². The maximum atomic E-state index is 12.8. The zero-order chi connectivity index (χ0) is 22.5. The summed E-state index contributed by atoms with van der Waals surface area (Å²) in [6, 6.07) is 15.2. The average Bonchev–Trinajstić information content (AvgIpc) is 3.31. The lowest BCUT2D eigenvalue weighted by molar-refractivity contribution is 0.264. The Morgan fingerprint density at radius 3 is 2.69 bits per heavy atom. The molecule has 1 aliphatic carbocycles. The Morgan fingerprint density at radius 2 is 2.00 bits per heavy atom. The minimum Gasteiger partial charge on any atom is -0.316 e. The highest BCUT2D eigenvalue weighted by Gasteiger charge is 2.39. The predicted octanol–water partition coefficient (Wildman–Crippen LogP) is 3.33. The van der Waals surface area contributed by atoms with E-state index in [1.165, 1.54) is 33.1 Å². The first-order valence-electron chi connectivity index (χ1n) is 10.9. The third-order valence-electron chi connectivity index (χ3n) is 6.85. The Bertz CT molecular complexity index is 1250. The molecule has 6 nitrogen and oxygen atoms in total. The summed E-state index contributed by atoms with van der Waals surface area (Å²) >= 11 is 6.22. The lowest BCUT2D eigenvalue weighted by Gasteiger charge is -2.38. The van der Waals surface area contributed by atoms with Crippen molar-refractivity contribution < 1.29 is 8.42 Å². The fourth-order valence-electron chi connectivity index (χ4n) is 4.99. The summed E-state index contributed by atoms with van der Waals surface area (Å²) in [6.07, 6.45) is 4.89. The number of halogens is 1. The van der Waals surface area contributed by atoms with Crippen LogP contribution in [0.1, 0.15) is 34.1 Å². The summed E-state index contributed by atoms with van der Waals surface area (Å²) in [7, 11) is 0.272. The van der Waals surface area contributed by atoms with Gasteiger partial charge in [-0.1, -0.05) is 41.9 Å². The number of sulfonamides is 1. The van der Waals surface area contributed by atoms with Gasteiger partial charge in [0.2, 0.25) is 10.0 Å². The van der Waals surface area contributed by atoms with Crippen molar-refractivity contribution in [2.24, 2.45) is 7.05 Å². The summed E-state index contributed by atoms with van der Waals surface area (Å²) in [5.74, 6) is 0.580. The van der Waals surface area contributed by atoms with E-state index in [0.717, 1.165) is 17.9 Å². The molecule has 1 fully saturated rings. The van der Waals surface area contributed by atoms with Crippen LogP contribution in [0.2, 0.25) is 5.02 Å². The van der Waals surface area contributed by atoms with Crippen LogP contribution in [0.25, 0.3) is 0 Å². The molecule has 1 aromatic heterocycles. The molecule has 1 aliphatic heterocycles. The molecule has 2 heterocycles. The second-order valence-electron chi connectivity index (χ2n) is 8.87. The molecule has 0 radical (unpaired) electrons. The maximum absolute atomic E-state index is 12.8. The second-order valence-corrected chi connectivity index (χ2v) is 11.2. The van der Waals surface area contributed by atoms with E-state index in [1.807, 2.05) is 25.2 Å². The summed E-state index contributed by atoms with van der Waals surface area (Å²) < 4.78 is 28.7. The number of aryl methyl sites for hydroxylation is 1. The molecule has 1 saturated heterocycles. The van der Waals surface area contributed by atoms with Gasteiger partial charge in [-0.3, -0.25) is 4.68 Å². The molecular weight excluding hydrogens is 444 g/mol. The van der Waals surface area contributed by atoms with Crippen molar-refractivity contribution in [3.8, 4) is 0 Å². The van der Waals surface area contributed by atoms with Crippen LogP contribution in [0.15, 0.2) is 59.8 Å². The van der Waals surface area contributed by atoms with Crippen LogP contribution >= 0.6 is 11.6 Å². The second kappa shape index (κ2) is 8.30. The molecular formula is C24H27ClN4O2S. The molecule has 2 aromatic carbocycles. The van der Waals surface area contributed by atoms with Crippen LogP contribution in [0, 0.1) is 0 Å². The number of rotatable bonds is 6. The molecule has 2 atom stereocenters. The fraction of sp³-hybridized carbons (Fsp3) is 0.375. The number of benzene rings is 2. The molecule has 32 heavy (non-hydrogen) atoms. The molecule has 0 amide bonds. The average molecular weight is 471 g/mol. The van der Waals surface area contributed by atoms with Crippen molar-refractivity contribution in [1.29, 1.82) is 0 Å². The number of likely N-dealkylation sites (N-methyl/N-ethyl adjacent to an activating group) is 1. The van der Waals surface area contributed by atoms with E-state index in [9.17, 15) is 8.42 Å². The molecule has 2 aliphatic rings. The molecule has 0 bridgehead atoms. The highest BCUT2D eigenvalue weighted by molar-refractivity contribution is 7.89. The van der Waals surface area contributed by atoms with Crippen LogP contribution in [-0.2, 0) is 29.9 Å². The molecule has 0 spiro atoms. The molecule has 8 heteroatoms. The van der Waals surface area contributed by atoms with Crippen LogP contribution in [0.5, 0.6) is 0 Å². The van der Waals surface area contributed by atoms with Crippen LogP contribution < -0.4 is 5.32 Å². The third kappa shape index (κ3) is 3.88. The van der Waals surface area contributed by atoms with E-state index in [0.29, 0.717) is 25.0 Å². The summed E-state index contributed by atoms with van der Waals surface area (Å²) in [6.45, 7) is 1.01. The fourth-order valence-corrected chi connectivity index (χ4v) is 6.72. The van der Waals surface area contributed by atoms with Gasteiger partial charge in [0, 0.05) is 49.2 Å². The van der Waals surface area contributed by atoms with Crippen LogP contribution in [-0.4, -0.2) is 48.7 Å². The first-order valence-corrected chi connectivity index (χ1v) is 12.7. The van der Waals surface area contributed by atoms with Gasteiger partial charge in [-0.15, -0.1) is 0 Å². The van der Waals surface area contributed by atoms with Crippen molar-refractivity contribution in [2.45, 2.75) is 35.6 Å². The van der Waals surface area contributed by atoms with Crippen molar-refractivity contribution in [3.05, 3.63) is 82.1 Å². The van der Waals surface area contributed by atoms with Crippen molar-refractivity contribution in [1.82, 2.24) is 19.4 Å². The van der Waals surface area contributed by atoms with E-state index >= 15 is 0 Å². The Hall–Kier alpha value is -2.19. The number of nitrogens with zero attached hydrogens (tertiary/aromatic N) is 3. The van der Waals surface area contributed by atoms with E-state index < -0.39 is 10.0 Å². The van der Waals surface area contributed by atoms with Crippen molar-refractivity contribution in [2.75, 3.05) is 20.1 Å². The SMILES string of the molecule is CNC1Cc2ccc(C3CN(S(=O)(=O)c4cnn(C)c4)C3)cc2C1Cc1cccc(Cl)c1. The molecule has 0 saturated carbocycles. The number of fused-ring (bicyclic) bond motifs is 1. The Kier molecular flexibility index (Phi) is 5.61. The number of hydrogen-bond acceptors (Lipinski definition) is 4. The molecule has 1 N–H and O–H groups in total. The number of hydrogen-bond donors (Lipinski definition) is 1. The summed E-state index contributed by atoms with van der Waals surface area (Å²) in [5.41, 5.74) is 5.20. The first kappa shape index (κ1) is 21.6. The third-order valence-corrected chi connectivity index (χ3v) is 8.87. The molecule has 168 valence electrons. The quantitative estimate of drug-likeness (QED) is 0.600. The highest BCUT2D eigenvalue weighted by Crippen LogP contribution is 2.40. The van der Waals surface area contributed by atoms with Crippen LogP contribution in [0.4, 0.5) is 0 Å². The van der Waals surface area contributed by atoms with Gasteiger partial charge >= 0.3 is 0 Å². The van der Waals surface area contributed by atoms with Gasteiger partial charge in [-0.05, 0) is 54.3 Å². The van der Waals surface area contributed by atoms with Crippen molar-refractivity contribution >= 4 is 21.6 Å². The maximum Gasteiger partial charge on any atom is 0.246 e. The van der Waals surface area contributed by atoms with Gasteiger partial charge < -0.3 is 5.32 Å². The van der Waals surface area contributed by atoms with Gasteiger partial charge in [0.1, 0.15) is 4.90 Å². The van der Waals surface area contributed by atoms with Gasteiger partial charge in [-0.2, -0.15) is 9.40 Å². The van der Waals surface area contributed by atoms with Crippen LogP contribution in [0.3, 0.4) is 0 Å². The van der Waals surface area contributed by atoms with Gasteiger partial charge in [-0.25, -0.2) is 8.42 Å². The minimum absolute atomic E-state index is 0.215. The molecule has 3 aromatic rings. The van der Waals surface area contributed by atoms with E-state index in [2.05, 4.69) is 34.7 Å². The van der Waals surface area contributed by atoms with E-state index in [4.69, 9.17) is 11.6 Å². The highest BCUT2D eigenvalue weighted by atomic mass is 35.5. The summed E-state index contributed by atoms with van der Waals surface area (Å²) in [4.78, 5) is 0.255. The monoisotopic (exact) mass is 470 g/mol. The largest absolute Gasteiger partial charge is 0.316 e. The zero-order valence-corrected chi connectivity index (χ0v) is 19.8. The standard InChI is InChI=1S/C24H27ClN4O2S/c1-26-24-11-18-7-6-17(10-22(18)23(24)9-16-4-3-5-20(25)8-16)19-13-29(14-19)32(30,31)21-12-27-28(2)15-21/h3-8,10,12,15,19,23-24,26H,9,11,13-14H2,1-2H3. The Labute approximate surface area is 194 Å². The molecule has 2 unspecified atom stereocenters. The number of nitrogens with one attached hydrogen (secondary N) is 1. The van der Waals surface area contributed by atoms with Crippen molar-refractivity contribution in [3.63, 3.8) is 0 Å². The Morgan fingerprint density at radius 1 is 1.19 bits per heavy atom. The zero-order valence-electron chi connectivity index (χ0n) is 18.2.